The molecule has 208 valence electrons. The van der Waals surface area contributed by atoms with Gasteiger partial charge in [0.25, 0.3) is 10.0 Å². The number of carbonyl (C=O) groups is 2. The minimum atomic E-state index is -4.16. The minimum Gasteiger partial charge on any atom is -0.495 e. The van der Waals surface area contributed by atoms with Gasteiger partial charge in [0.05, 0.1) is 17.7 Å². The van der Waals surface area contributed by atoms with E-state index in [1.54, 1.807) is 30.3 Å². The third kappa shape index (κ3) is 7.38. The molecule has 9 heteroatoms. The highest BCUT2D eigenvalue weighted by Gasteiger charge is 2.34. The van der Waals surface area contributed by atoms with E-state index in [9.17, 15) is 18.0 Å². The lowest BCUT2D eigenvalue weighted by Gasteiger charge is -2.33. The van der Waals surface area contributed by atoms with Crippen molar-refractivity contribution in [1.82, 2.24) is 10.2 Å². The van der Waals surface area contributed by atoms with Crippen LogP contribution in [0.25, 0.3) is 0 Å². The van der Waals surface area contributed by atoms with Gasteiger partial charge in [-0.25, -0.2) is 8.42 Å². The normalized spacial score (nSPS) is 11.9. The van der Waals surface area contributed by atoms with Crippen molar-refractivity contribution < 1.29 is 22.7 Å². The number of nitrogens with one attached hydrogen (secondary N) is 1. The third-order valence-corrected chi connectivity index (χ3v) is 8.21. The predicted molar refractivity (Wildman–Crippen MR) is 153 cm³/mol. The molecule has 0 aliphatic rings. The molecule has 3 rings (SSSR count). The van der Waals surface area contributed by atoms with Crippen LogP contribution in [0.5, 0.6) is 5.75 Å². The van der Waals surface area contributed by atoms with Gasteiger partial charge >= 0.3 is 0 Å². The van der Waals surface area contributed by atoms with Crippen molar-refractivity contribution in [2.45, 2.75) is 44.6 Å². The maximum Gasteiger partial charge on any atom is 0.264 e. The van der Waals surface area contributed by atoms with Gasteiger partial charge in [0.15, 0.2) is 0 Å². The van der Waals surface area contributed by atoms with E-state index in [1.807, 2.05) is 57.2 Å². The number of aryl methyl sites for hydroxylation is 1. The van der Waals surface area contributed by atoms with Crippen molar-refractivity contribution in [3.05, 3.63) is 90.0 Å². The molecule has 8 nitrogen and oxygen atoms in total. The first-order valence-corrected chi connectivity index (χ1v) is 14.5. The van der Waals surface area contributed by atoms with E-state index in [-0.39, 0.29) is 23.0 Å². The zero-order valence-electron chi connectivity index (χ0n) is 23.0. The first-order chi connectivity index (χ1) is 18.7. The second kappa shape index (κ2) is 13.8. The molecule has 3 aromatic rings. The van der Waals surface area contributed by atoms with Crippen LogP contribution in [-0.2, 0) is 26.0 Å². The first kappa shape index (κ1) is 29.7. The summed E-state index contributed by atoms with van der Waals surface area (Å²) in [6, 6.07) is 22.1. The van der Waals surface area contributed by atoms with Crippen LogP contribution < -0.4 is 14.4 Å². The monoisotopic (exact) mass is 551 g/mol. The summed E-state index contributed by atoms with van der Waals surface area (Å²) in [6.07, 6.45) is 0.896. The van der Waals surface area contributed by atoms with Gasteiger partial charge in [0.2, 0.25) is 11.8 Å². The topological polar surface area (TPSA) is 96.0 Å². The zero-order chi connectivity index (χ0) is 28.4. The van der Waals surface area contributed by atoms with Crippen molar-refractivity contribution in [3.63, 3.8) is 0 Å². The van der Waals surface area contributed by atoms with Crippen molar-refractivity contribution in [1.29, 1.82) is 0 Å². The average Bonchev–Trinajstić information content (AvgIpc) is 2.94. The minimum absolute atomic E-state index is 0.0490. The lowest BCUT2D eigenvalue weighted by molar-refractivity contribution is -0.139. The molecular formula is C30H37N3O5S. The second-order valence-corrected chi connectivity index (χ2v) is 11.0. The summed E-state index contributed by atoms with van der Waals surface area (Å²) in [5.41, 5.74) is 2.07. The highest BCUT2D eigenvalue weighted by Crippen LogP contribution is 2.33. The van der Waals surface area contributed by atoms with Crippen LogP contribution in [0, 0.1) is 6.92 Å². The molecule has 0 aliphatic heterocycles. The fourth-order valence-corrected chi connectivity index (χ4v) is 5.85. The number of carbonyl (C=O) groups excluding carboxylic acids is 2. The van der Waals surface area contributed by atoms with Crippen LogP contribution in [0.4, 0.5) is 5.69 Å². The SMILES string of the molecule is CCNC(=O)[C@H](CC)N(CCc1ccccc1)C(=O)CN(c1cc(C)ccc1OC)S(=O)(=O)c1ccccc1. The molecule has 0 unspecified atom stereocenters. The molecule has 2 amide bonds. The van der Waals surface area contributed by atoms with E-state index < -0.39 is 28.5 Å². The highest BCUT2D eigenvalue weighted by atomic mass is 32.2. The average molecular weight is 552 g/mol. The molecule has 0 radical (unpaired) electrons. The quantitative estimate of drug-likeness (QED) is 0.344. The fraction of sp³-hybridized carbons (Fsp3) is 0.333. The van der Waals surface area contributed by atoms with Crippen molar-refractivity contribution >= 4 is 27.5 Å². The number of methoxy groups -OCH3 is 1. The van der Waals surface area contributed by atoms with Gasteiger partial charge in [-0.3, -0.25) is 13.9 Å². The maximum absolute atomic E-state index is 14.0. The van der Waals surface area contributed by atoms with E-state index in [0.717, 1.165) is 15.4 Å². The Bertz CT molecular complexity index is 1350. The van der Waals surface area contributed by atoms with Gasteiger partial charge in [-0.1, -0.05) is 61.5 Å². The van der Waals surface area contributed by atoms with Crippen molar-refractivity contribution in [2.24, 2.45) is 0 Å². The largest absolute Gasteiger partial charge is 0.495 e. The number of hydrogen-bond donors (Lipinski definition) is 1. The fourth-order valence-electron chi connectivity index (χ4n) is 4.42. The number of sulfonamides is 1. The van der Waals surface area contributed by atoms with Crippen LogP contribution in [-0.4, -0.2) is 57.9 Å². The molecule has 0 heterocycles. The molecule has 0 spiro atoms. The Morgan fingerprint density at radius 2 is 1.59 bits per heavy atom. The van der Waals surface area contributed by atoms with Crippen LogP contribution in [0.15, 0.2) is 83.8 Å². The number of rotatable bonds is 13. The van der Waals surface area contributed by atoms with Crippen LogP contribution >= 0.6 is 0 Å². The molecule has 0 bridgehead atoms. The summed E-state index contributed by atoms with van der Waals surface area (Å²) >= 11 is 0. The summed E-state index contributed by atoms with van der Waals surface area (Å²) < 4.78 is 34.5. The van der Waals surface area contributed by atoms with Gasteiger partial charge < -0.3 is 15.0 Å². The summed E-state index contributed by atoms with van der Waals surface area (Å²) in [7, 11) is -2.70. The van der Waals surface area contributed by atoms with Gasteiger partial charge in [-0.05, 0) is 62.1 Å². The Kier molecular flexibility index (Phi) is 10.5. The van der Waals surface area contributed by atoms with E-state index >= 15 is 0 Å². The van der Waals surface area contributed by atoms with Crippen LogP contribution in [0.2, 0.25) is 0 Å². The molecule has 0 saturated carbocycles. The summed E-state index contributed by atoms with van der Waals surface area (Å²) in [4.78, 5) is 28.6. The van der Waals surface area contributed by atoms with Gasteiger partial charge in [0, 0.05) is 13.1 Å². The third-order valence-electron chi connectivity index (χ3n) is 6.43. The number of anilines is 1. The van der Waals surface area contributed by atoms with E-state index in [1.165, 1.54) is 24.1 Å². The molecule has 3 aromatic carbocycles. The maximum atomic E-state index is 14.0. The zero-order valence-corrected chi connectivity index (χ0v) is 23.8. The number of likely N-dealkylation sites (N-methyl/N-ethyl adjacent to an activating group) is 1. The molecule has 0 saturated heterocycles. The molecule has 1 N–H and O–H groups in total. The van der Waals surface area contributed by atoms with Crippen LogP contribution in [0.1, 0.15) is 31.4 Å². The first-order valence-electron chi connectivity index (χ1n) is 13.1. The van der Waals surface area contributed by atoms with E-state index in [4.69, 9.17) is 4.74 Å². The molecule has 0 aliphatic carbocycles. The molecule has 39 heavy (non-hydrogen) atoms. The highest BCUT2D eigenvalue weighted by molar-refractivity contribution is 7.92. The lowest BCUT2D eigenvalue weighted by atomic mass is 10.1. The Morgan fingerprint density at radius 3 is 2.18 bits per heavy atom. The van der Waals surface area contributed by atoms with Gasteiger partial charge in [-0.15, -0.1) is 0 Å². The number of ether oxygens (including phenoxy) is 1. The summed E-state index contributed by atoms with van der Waals surface area (Å²) in [5, 5.41) is 2.81. The Balaban J connectivity index is 2.06. The smallest absolute Gasteiger partial charge is 0.264 e. The van der Waals surface area contributed by atoms with Crippen molar-refractivity contribution in [3.8, 4) is 5.75 Å². The number of amides is 2. The van der Waals surface area contributed by atoms with Gasteiger partial charge in [0.1, 0.15) is 18.3 Å². The summed E-state index contributed by atoms with van der Waals surface area (Å²) in [6.45, 7) is 5.67. The molecule has 0 aromatic heterocycles. The van der Waals surface area contributed by atoms with Crippen molar-refractivity contribution in [2.75, 3.05) is 31.0 Å². The van der Waals surface area contributed by atoms with Gasteiger partial charge in [-0.2, -0.15) is 0 Å². The molecular weight excluding hydrogens is 514 g/mol. The number of benzene rings is 3. The standard InChI is InChI=1S/C30H37N3O5S/c1-5-26(30(35)31-6-2)32(20-19-24-13-9-7-10-14-24)29(34)22-33(27-21-23(3)17-18-28(27)38-4)39(36,37)25-15-11-8-12-16-25/h7-18,21,26H,5-6,19-20,22H2,1-4H3,(H,31,35)/t26-/m0/s1. The molecule has 1 atom stereocenters. The van der Waals surface area contributed by atoms with Crippen LogP contribution in [0.3, 0.4) is 0 Å². The number of hydrogen-bond acceptors (Lipinski definition) is 5. The Hall–Kier alpha value is -3.85. The second-order valence-electron chi connectivity index (χ2n) is 9.14. The van der Waals surface area contributed by atoms with E-state index in [0.29, 0.717) is 25.1 Å². The number of nitrogens with zero attached hydrogens (tertiary/aromatic N) is 2. The lowest BCUT2D eigenvalue weighted by Crippen LogP contribution is -2.53. The predicted octanol–water partition coefficient (Wildman–Crippen LogP) is 4.18. The molecule has 0 fully saturated rings. The Labute approximate surface area is 231 Å². The van der Waals surface area contributed by atoms with E-state index in [2.05, 4.69) is 5.32 Å². The Morgan fingerprint density at radius 1 is 0.949 bits per heavy atom. The summed E-state index contributed by atoms with van der Waals surface area (Å²) in [5.74, 6) is -0.432.